The van der Waals surface area contributed by atoms with E-state index in [9.17, 15) is 24.2 Å². The first-order chi connectivity index (χ1) is 17.6. The summed E-state index contributed by atoms with van der Waals surface area (Å²) in [6, 6.07) is 15.1. The van der Waals surface area contributed by atoms with Crippen molar-refractivity contribution in [2.45, 2.75) is 70.6 Å². The average molecular weight is 512 g/mol. The number of nitrogens with zero attached hydrogens (tertiary/aromatic N) is 2. The molecular formula is C28H34FN3O5. The van der Waals surface area contributed by atoms with Crippen LogP contribution in [0.1, 0.15) is 79.3 Å². The lowest BCUT2D eigenvalue weighted by Gasteiger charge is -2.17. The molecule has 0 spiro atoms. The van der Waals surface area contributed by atoms with Crippen LogP contribution in [0.5, 0.6) is 0 Å². The van der Waals surface area contributed by atoms with E-state index in [0.29, 0.717) is 23.4 Å². The molecule has 37 heavy (non-hydrogen) atoms. The molecule has 4 N–H and O–H groups in total. The number of carbonyl (C=O) groups is 2. The van der Waals surface area contributed by atoms with Gasteiger partial charge in [0.15, 0.2) is 5.69 Å². The van der Waals surface area contributed by atoms with Crippen molar-refractivity contribution >= 4 is 11.9 Å². The van der Waals surface area contributed by atoms with Gasteiger partial charge in [-0.15, -0.1) is 0 Å². The molecule has 3 atom stereocenters. The summed E-state index contributed by atoms with van der Waals surface area (Å²) in [5, 5.41) is 36.9. The second-order valence-electron chi connectivity index (χ2n) is 9.54. The van der Waals surface area contributed by atoms with E-state index in [4.69, 9.17) is 5.11 Å². The molecule has 2 aromatic carbocycles. The molecule has 0 bridgehead atoms. The number of amides is 1. The van der Waals surface area contributed by atoms with E-state index in [0.717, 1.165) is 5.56 Å². The molecule has 3 aromatic rings. The first-order valence-corrected chi connectivity index (χ1v) is 12.4. The van der Waals surface area contributed by atoms with Crippen molar-refractivity contribution in [3.63, 3.8) is 0 Å². The van der Waals surface area contributed by atoms with Crippen LogP contribution in [0.4, 0.5) is 4.39 Å². The molecule has 1 unspecified atom stereocenters. The minimum atomic E-state index is -1.17. The molecule has 1 amide bonds. The van der Waals surface area contributed by atoms with Gasteiger partial charge in [-0.2, -0.15) is 5.10 Å². The molecule has 1 aromatic heterocycles. The number of carboxylic acid groups (broad SMARTS) is 1. The monoisotopic (exact) mass is 511 g/mol. The lowest BCUT2D eigenvalue weighted by Crippen LogP contribution is -2.28. The van der Waals surface area contributed by atoms with Crippen LogP contribution in [0.2, 0.25) is 0 Å². The quantitative estimate of drug-likeness (QED) is 0.290. The molecule has 0 aliphatic rings. The fourth-order valence-electron chi connectivity index (χ4n) is 4.39. The molecule has 9 heteroatoms. The van der Waals surface area contributed by atoms with Gasteiger partial charge in [0.05, 0.1) is 30.4 Å². The smallest absolute Gasteiger partial charge is 0.305 e. The zero-order chi connectivity index (χ0) is 27.1. The predicted molar refractivity (Wildman–Crippen MR) is 137 cm³/mol. The molecule has 1 heterocycles. The highest BCUT2D eigenvalue weighted by Crippen LogP contribution is 2.29. The number of halogens is 1. The minimum Gasteiger partial charge on any atom is -0.481 e. The minimum absolute atomic E-state index is 0.0874. The third kappa shape index (κ3) is 7.47. The summed E-state index contributed by atoms with van der Waals surface area (Å²) in [4.78, 5) is 24.2. The fraction of sp³-hybridized carbons (Fsp3) is 0.393. The van der Waals surface area contributed by atoms with E-state index in [1.807, 2.05) is 51.1 Å². The number of aromatic nitrogens is 2. The maximum Gasteiger partial charge on any atom is 0.305 e. The first kappa shape index (κ1) is 28.0. The number of nitrogens with one attached hydrogen (secondary N) is 1. The number of aliphatic hydroxyl groups excluding tert-OH is 2. The van der Waals surface area contributed by atoms with Gasteiger partial charge in [-0.3, -0.25) is 9.59 Å². The van der Waals surface area contributed by atoms with Crippen molar-refractivity contribution in [2.24, 2.45) is 0 Å². The maximum absolute atomic E-state index is 13.6. The topological polar surface area (TPSA) is 125 Å². The Hall–Kier alpha value is -3.56. The largest absolute Gasteiger partial charge is 0.481 e. The average Bonchev–Trinajstić information content (AvgIpc) is 3.23. The molecule has 0 aliphatic carbocycles. The molecule has 0 saturated heterocycles. The Labute approximate surface area is 215 Å². The van der Waals surface area contributed by atoms with Gasteiger partial charge in [0, 0.05) is 11.3 Å². The van der Waals surface area contributed by atoms with Gasteiger partial charge in [0.25, 0.3) is 5.91 Å². The molecule has 0 aliphatic heterocycles. The second kappa shape index (κ2) is 12.6. The van der Waals surface area contributed by atoms with Crippen LogP contribution in [0.25, 0.3) is 5.69 Å². The third-order valence-electron chi connectivity index (χ3n) is 6.20. The van der Waals surface area contributed by atoms with Gasteiger partial charge >= 0.3 is 5.97 Å². The van der Waals surface area contributed by atoms with E-state index in [1.165, 1.54) is 12.1 Å². The Kier molecular flexibility index (Phi) is 9.54. The van der Waals surface area contributed by atoms with Crippen LogP contribution in [-0.2, 0) is 11.2 Å². The number of hydrogen-bond donors (Lipinski definition) is 4. The fourth-order valence-corrected chi connectivity index (χ4v) is 4.39. The van der Waals surface area contributed by atoms with Crippen molar-refractivity contribution in [3.8, 4) is 5.69 Å². The van der Waals surface area contributed by atoms with Gasteiger partial charge in [0.1, 0.15) is 5.82 Å². The number of hydrogen-bond acceptors (Lipinski definition) is 5. The maximum atomic E-state index is 13.6. The summed E-state index contributed by atoms with van der Waals surface area (Å²) in [5.41, 5.74) is 3.15. The lowest BCUT2D eigenvalue weighted by molar-refractivity contribution is -0.139. The van der Waals surface area contributed by atoms with E-state index >= 15 is 0 Å². The molecule has 0 radical (unpaired) electrons. The highest BCUT2D eigenvalue weighted by molar-refractivity contribution is 5.94. The van der Waals surface area contributed by atoms with E-state index in [1.54, 1.807) is 16.8 Å². The predicted octanol–water partition coefficient (Wildman–Crippen LogP) is 4.15. The number of carboxylic acids is 1. The van der Waals surface area contributed by atoms with E-state index < -0.39 is 30.4 Å². The highest BCUT2D eigenvalue weighted by Gasteiger charge is 2.27. The number of benzene rings is 2. The molecular weight excluding hydrogens is 477 g/mol. The molecule has 198 valence electrons. The van der Waals surface area contributed by atoms with Crippen molar-refractivity contribution in [1.29, 1.82) is 0 Å². The summed E-state index contributed by atoms with van der Waals surface area (Å²) in [6.45, 7) is 5.78. The highest BCUT2D eigenvalue weighted by atomic mass is 19.1. The lowest BCUT2D eigenvalue weighted by atomic mass is 9.95. The Morgan fingerprint density at radius 3 is 2.24 bits per heavy atom. The number of aliphatic hydroxyl groups is 2. The van der Waals surface area contributed by atoms with E-state index in [-0.39, 0.29) is 36.4 Å². The first-order valence-electron chi connectivity index (χ1n) is 12.4. The van der Waals surface area contributed by atoms with Gasteiger partial charge in [-0.05, 0) is 61.9 Å². The van der Waals surface area contributed by atoms with Crippen molar-refractivity contribution in [3.05, 3.63) is 82.9 Å². The van der Waals surface area contributed by atoms with Crippen LogP contribution in [0, 0.1) is 5.82 Å². The molecule has 8 nitrogen and oxygen atoms in total. The summed E-state index contributed by atoms with van der Waals surface area (Å²) in [5.74, 6) is -1.98. The van der Waals surface area contributed by atoms with E-state index in [2.05, 4.69) is 10.4 Å². The van der Waals surface area contributed by atoms with Gasteiger partial charge in [-0.1, -0.05) is 44.2 Å². The van der Waals surface area contributed by atoms with Gasteiger partial charge < -0.3 is 20.6 Å². The Bertz CT molecular complexity index is 1190. The zero-order valence-corrected chi connectivity index (χ0v) is 21.3. The summed E-state index contributed by atoms with van der Waals surface area (Å²) >= 11 is 0. The van der Waals surface area contributed by atoms with Crippen LogP contribution < -0.4 is 5.32 Å². The standard InChI is InChI=1S/C28H34FN3O5/c1-17(2)26-24(14-13-22(33)15-23(34)16-25(35)36)32(21-11-9-20(29)10-12-21)31-27(26)28(37)30-18(3)19-7-5-4-6-8-19/h4-12,17-18,22-23,33-34H,13-16H2,1-3H3,(H,30,37)(H,35,36)/t18?,22-,23-/m1/s1. The Morgan fingerprint density at radius 2 is 1.65 bits per heavy atom. The second-order valence-corrected chi connectivity index (χ2v) is 9.54. The van der Waals surface area contributed by atoms with Gasteiger partial charge in [-0.25, -0.2) is 9.07 Å². The third-order valence-corrected chi connectivity index (χ3v) is 6.20. The van der Waals surface area contributed by atoms with Crippen molar-refractivity contribution in [1.82, 2.24) is 15.1 Å². The van der Waals surface area contributed by atoms with Crippen LogP contribution in [0.15, 0.2) is 54.6 Å². The summed E-state index contributed by atoms with van der Waals surface area (Å²) < 4.78 is 15.2. The molecule has 3 rings (SSSR count). The SMILES string of the molecule is CC(C)c1c(C(=O)NC(C)c2ccccc2)nn(-c2ccc(F)cc2)c1CC[C@@H](O)C[C@@H](O)CC(=O)O. The normalized spacial score (nSPS) is 13.8. The van der Waals surface area contributed by atoms with Crippen LogP contribution >= 0.6 is 0 Å². The van der Waals surface area contributed by atoms with Crippen LogP contribution in [0.3, 0.4) is 0 Å². The molecule has 0 saturated carbocycles. The summed E-state index contributed by atoms with van der Waals surface area (Å²) in [6.07, 6.45) is -2.14. The van der Waals surface area contributed by atoms with Crippen LogP contribution in [-0.4, -0.2) is 49.2 Å². The zero-order valence-electron chi connectivity index (χ0n) is 21.3. The summed E-state index contributed by atoms with van der Waals surface area (Å²) in [7, 11) is 0. The number of carbonyl (C=O) groups excluding carboxylic acids is 1. The van der Waals surface area contributed by atoms with Crippen molar-refractivity contribution < 1.29 is 29.3 Å². The van der Waals surface area contributed by atoms with Gasteiger partial charge in [0.2, 0.25) is 0 Å². The Morgan fingerprint density at radius 1 is 1.00 bits per heavy atom. The number of rotatable bonds is 12. The molecule has 0 fully saturated rings. The number of aliphatic carboxylic acids is 1. The van der Waals surface area contributed by atoms with Crippen molar-refractivity contribution in [2.75, 3.05) is 0 Å². The Balaban J connectivity index is 1.94.